The van der Waals surface area contributed by atoms with E-state index in [1.54, 1.807) is 30.7 Å². The summed E-state index contributed by atoms with van der Waals surface area (Å²) in [5.74, 6) is -0.0961. The average molecular weight is 292 g/mol. The summed E-state index contributed by atoms with van der Waals surface area (Å²) < 4.78 is 1.81. The molecule has 0 saturated heterocycles. The standard InChI is InChI=1S/C17H16N4O/c22-17(15-3-1-9-18-13-15)19-11-8-14-4-6-16(7-5-14)21-12-2-10-20-21/h1-7,9-10,12-13H,8,11H2,(H,19,22). The Morgan fingerprint density at radius 3 is 2.64 bits per heavy atom. The highest BCUT2D eigenvalue weighted by Crippen LogP contribution is 2.08. The third kappa shape index (κ3) is 3.38. The van der Waals surface area contributed by atoms with Crippen LogP contribution < -0.4 is 5.32 Å². The molecule has 5 nitrogen and oxygen atoms in total. The van der Waals surface area contributed by atoms with Crippen molar-refractivity contribution in [3.63, 3.8) is 0 Å². The maximum absolute atomic E-state index is 11.9. The molecule has 0 spiro atoms. The Hall–Kier alpha value is -2.95. The molecule has 110 valence electrons. The Kier molecular flexibility index (Phi) is 4.25. The molecule has 0 atom stereocenters. The van der Waals surface area contributed by atoms with Gasteiger partial charge in [0.1, 0.15) is 0 Å². The van der Waals surface area contributed by atoms with Crippen molar-refractivity contribution in [2.24, 2.45) is 0 Å². The third-order valence-corrected chi connectivity index (χ3v) is 3.33. The summed E-state index contributed by atoms with van der Waals surface area (Å²) in [5.41, 5.74) is 2.77. The van der Waals surface area contributed by atoms with Gasteiger partial charge in [-0.05, 0) is 42.3 Å². The van der Waals surface area contributed by atoms with Gasteiger partial charge in [-0.3, -0.25) is 9.78 Å². The summed E-state index contributed by atoms with van der Waals surface area (Å²) in [6, 6.07) is 13.5. The lowest BCUT2D eigenvalue weighted by atomic mass is 10.1. The van der Waals surface area contributed by atoms with Gasteiger partial charge < -0.3 is 5.32 Å². The average Bonchev–Trinajstić information content (AvgIpc) is 3.11. The molecule has 1 aromatic carbocycles. The number of nitrogens with zero attached hydrogens (tertiary/aromatic N) is 3. The van der Waals surface area contributed by atoms with Crippen LogP contribution in [0.15, 0.2) is 67.3 Å². The first-order valence-corrected chi connectivity index (χ1v) is 7.10. The number of carbonyl (C=O) groups excluding carboxylic acids is 1. The Morgan fingerprint density at radius 1 is 1.09 bits per heavy atom. The van der Waals surface area contributed by atoms with Crippen molar-refractivity contribution >= 4 is 5.91 Å². The minimum Gasteiger partial charge on any atom is -0.352 e. The van der Waals surface area contributed by atoms with Crippen LogP contribution in [-0.2, 0) is 6.42 Å². The number of amides is 1. The fraction of sp³-hybridized carbons (Fsp3) is 0.118. The SMILES string of the molecule is O=C(NCCc1ccc(-n2cccn2)cc1)c1cccnc1. The molecule has 3 aromatic rings. The Balaban J connectivity index is 1.53. The van der Waals surface area contributed by atoms with Gasteiger partial charge in [-0.25, -0.2) is 4.68 Å². The molecule has 0 saturated carbocycles. The maximum atomic E-state index is 11.9. The number of rotatable bonds is 5. The van der Waals surface area contributed by atoms with Gasteiger partial charge in [-0.2, -0.15) is 5.10 Å². The smallest absolute Gasteiger partial charge is 0.252 e. The fourth-order valence-corrected chi connectivity index (χ4v) is 2.16. The third-order valence-electron chi connectivity index (χ3n) is 3.33. The zero-order valence-electron chi connectivity index (χ0n) is 12.0. The molecule has 2 heterocycles. The van der Waals surface area contributed by atoms with Crippen molar-refractivity contribution in [2.45, 2.75) is 6.42 Å². The first kappa shape index (κ1) is 14.0. The molecule has 0 bridgehead atoms. The minimum absolute atomic E-state index is 0.0961. The minimum atomic E-state index is -0.0961. The van der Waals surface area contributed by atoms with E-state index in [0.717, 1.165) is 12.1 Å². The van der Waals surface area contributed by atoms with Gasteiger partial charge in [0.2, 0.25) is 0 Å². The first-order chi connectivity index (χ1) is 10.8. The molecule has 3 rings (SSSR count). The highest BCUT2D eigenvalue weighted by atomic mass is 16.1. The van der Waals surface area contributed by atoms with Gasteiger partial charge in [0.15, 0.2) is 0 Å². The Morgan fingerprint density at radius 2 is 1.95 bits per heavy atom. The second-order valence-electron chi connectivity index (χ2n) is 4.86. The molecule has 2 aromatic heterocycles. The van der Waals surface area contributed by atoms with E-state index >= 15 is 0 Å². The van der Waals surface area contributed by atoms with Crippen LogP contribution in [0.1, 0.15) is 15.9 Å². The number of aromatic nitrogens is 3. The van der Waals surface area contributed by atoms with E-state index in [1.807, 2.05) is 41.2 Å². The molecule has 1 amide bonds. The molecule has 0 unspecified atom stereocenters. The maximum Gasteiger partial charge on any atom is 0.252 e. The summed E-state index contributed by atoms with van der Waals surface area (Å²) in [6.07, 6.45) is 7.66. The molecule has 0 aliphatic carbocycles. The van der Waals surface area contributed by atoms with Gasteiger partial charge in [0.05, 0.1) is 11.3 Å². The van der Waals surface area contributed by atoms with E-state index in [-0.39, 0.29) is 5.91 Å². The van der Waals surface area contributed by atoms with Crippen molar-refractivity contribution in [3.05, 3.63) is 78.4 Å². The number of hydrogen-bond donors (Lipinski definition) is 1. The predicted molar refractivity (Wildman–Crippen MR) is 83.8 cm³/mol. The Labute approximate surface area is 128 Å². The van der Waals surface area contributed by atoms with Gasteiger partial charge in [0, 0.05) is 31.3 Å². The van der Waals surface area contributed by atoms with E-state index in [2.05, 4.69) is 15.4 Å². The van der Waals surface area contributed by atoms with Crippen molar-refractivity contribution in [3.8, 4) is 5.69 Å². The molecule has 0 fully saturated rings. The molecule has 0 aliphatic rings. The summed E-state index contributed by atoms with van der Waals surface area (Å²) in [6.45, 7) is 0.592. The number of hydrogen-bond acceptors (Lipinski definition) is 3. The molecule has 0 radical (unpaired) electrons. The van der Waals surface area contributed by atoms with Crippen molar-refractivity contribution in [1.29, 1.82) is 0 Å². The normalized spacial score (nSPS) is 10.4. The summed E-state index contributed by atoms with van der Waals surface area (Å²) >= 11 is 0. The summed E-state index contributed by atoms with van der Waals surface area (Å²) in [7, 11) is 0. The number of benzene rings is 1. The monoisotopic (exact) mass is 292 g/mol. The quantitative estimate of drug-likeness (QED) is 0.784. The molecule has 0 aliphatic heterocycles. The van der Waals surface area contributed by atoms with Crippen LogP contribution in [0.3, 0.4) is 0 Å². The second kappa shape index (κ2) is 6.67. The van der Waals surface area contributed by atoms with E-state index < -0.39 is 0 Å². The highest BCUT2D eigenvalue weighted by Gasteiger charge is 2.04. The lowest BCUT2D eigenvalue weighted by molar-refractivity contribution is 0.0954. The molecule has 5 heteroatoms. The molecule has 1 N–H and O–H groups in total. The number of nitrogens with one attached hydrogen (secondary N) is 1. The largest absolute Gasteiger partial charge is 0.352 e. The van der Waals surface area contributed by atoms with E-state index in [0.29, 0.717) is 12.1 Å². The zero-order valence-corrected chi connectivity index (χ0v) is 12.0. The van der Waals surface area contributed by atoms with E-state index in [9.17, 15) is 4.79 Å². The van der Waals surface area contributed by atoms with Crippen LogP contribution in [0.2, 0.25) is 0 Å². The van der Waals surface area contributed by atoms with Crippen molar-refractivity contribution < 1.29 is 4.79 Å². The van der Waals surface area contributed by atoms with Crippen molar-refractivity contribution in [2.75, 3.05) is 6.54 Å². The Bertz CT molecular complexity index is 721. The summed E-state index contributed by atoms with van der Waals surface area (Å²) in [5, 5.41) is 7.08. The summed E-state index contributed by atoms with van der Waals surface area (Å²) in [4.78, 5) is 15.8. The molecular formula is C17H16N4O. The highest BCUT2D eigenvalue weighted by molar-refractivity contribution is 5.93. The molecular weight excluding hydrogens is 276 g/mol. The van der Waals surface area contributed by atoms with Crippen LogP contribution in [0.5, 0.6) is 0 Å². The van der Waals surface area contributed by atoms with Gasteiger partial charge in [0.25, 0.3) is 5.91 Å². The lowest BCUT2D eigenvalue weighted by Gasteiger charge is -2.06. The van der Waals surface area contributed by atoms with Gasteiger partial charge in [-0.15, -0.1) is 0 Å². The topological polar surface area (TPSA) is 59.8 Å². The fourth-order valence-electron chi connectivity index (χ4n) is 2.16. The van der Waals surface area contributed by atoms with Gasteiger partial charge in [-0.1, -0.05) is 12.1 Å². The number of carbonyl (C=O) groups is 1. The molecule has 22 heavy (non-hydrogen) atoms. The van der Waals surface area contributed by atoms with Crippen molar-refractivity contribution in [1.82, 2.24) is 20.1 Å². The van der Waals surface area contributed by atoms with Crippen LogP contribution >= 0.6 is 0 Å². The first-order valence-electron chi connectivity index (χ1n) is 7.10. The van der Waals surface area contributed by atoms with E-state index in [1.165, 1.54) is 5.56 Å². The van der Waals surface area contributed by atoms with Crippen LogP contribution in [0, 0.1) is 0 Å². The second-order valence-corrected chi connectivity index (χ2v) is 4.86. The van der Waals surface area contributed by atoms with Crippen LogP contribution in [0.4, 0.5) is 0 Å². The number of pyridine rings is 1. The van der Waals surface area contributed by atoms with E-state index in [4.69, 9.17) is 0 Å². The zero-order chi connectivity index (χ0) is 15.2. The van der Waals surface area contributed by atoms with Crippen LogP contribution in [-0.4, -0.2) is 27.2 Å². The van der Waals surface area contributed by atoms with Gasteiger partial charge >= 0.3 is 0 Å². The predicted octanol–water partition coefficient (Wildman–Crippen LogP) is 2.24. The van der Waals surface area contributed by atoms with Crippen LogP contribution in [0.25, 0.3) is 5.69 Å². The lowest BCUT2D eigenvalue weighted by Crippen LogP contribution is -2.25.